The molecule has 1 aliphatic rings. The maximum atomic E-state index is 12.3. The van der Waals surface area contributed by atoms with Gasteiger partial charge in [0.2, 0.25) is 10.0 Å². The molecular formula is C17H23N5O2S. The van der Waals surface area contributed by atoms with Crippen LogP contribution in [0.1, 0.15) is 11.4 Å². The molecule has 2 heterocycles. The molecule has 1 saturated heterocycles. The Morgan fingerprint density at radius 2 is 1.68 bits per heavy atom. The van der Waals surface area contributed by atoms with Gasteiger partial charge in [-0.3, -0.25) is 4.98 Å². The van der Waals surface area contributed by atoms with Crippen LogP contribution in [0.4, 0.5) is 11.5 Å². The van der Waals surface area contributed by atoms with Gasteiger partial charge in [-0.05, 0) is 33.0 Å². The van der Waals surface area contributed by atoms with Crippen molar-refractivity contribution in [1.82, 2.24) is 14.7 Å². The summed E-state index contributed by atoms with van der Waals surface area (Å²) in [6.07, 6.45) is 1.77. The molecule has 8 heteroatoms. The highest BCUT2D eigenvalue weighted by molar-refractivity contribution is 7.89. The van der Waals surface area contributed by atoms with Crippen LogP contribution >= 0.6 is 0 Å². The summed E-state index contributed by atoms with van der Waals surface area (Å²) < 4.78 is 26.9. The van der Waals surface area contributed by atoms with Crippen molar-refractivity contribution in [3.05, 3.63) is 41.9 Å². The first-order valence-electron chi connectivity index (χ1n) is 8.25. The molecule has 3 rings (SSSR count). The first-order valence-corrected chi connectivity index (χ1v) is 9.73. The molecule has 0 unspecified atom stereocenters. The number of aryl methyl sites for hydroxylation is 2. The number of piperazine rings is 1. The van der Waals surface area contributed by atoms with E-state index in [0.29, 0.717) is 4.90 Å². The highest BCUT2D eigenvalue weighted by Crippen LogP contribution is 2.27. The standard InChI is InChI=1S/C17H23N5O2S/c1-13-12-19-14(2)17(20-13)22-10-8-21(9-11-22)15-6-4-5-7-16(15)25(23,24)18-3/h4-7,12,18H,8-11H2,1-3H3. The van der Waals surface area contributed by atoms with Gasteiger partial charge in [0.15, 0.2) is 0 Å². The predicted molar refractivity (Wildman–Crippen MR) is 98.6 cm³/mol. The van der Waals surface area contributed by atoms with Gasteiger partial charge < -0.3 is 9.80 Å². The number of nitrogens with zero attached hydrogens (tertiary/aromatic N) is 4. The summed E-state index contributed by atoms with van der Waals surface area (Å²) >= 11 is 0. The SMILES string of the molecule is CNS(=O)(=O)c1ccccc1N1CCN(c2nc(C)cnc2C)CC1. The third-order valence-corrected chi connectivity index (χ3v) is 5.86. The fraction of sp³-hybridized carbons (Fsp3) is 0.412. The lowest BCUT2D eigenvalue weighted by Crippen LogP contribution is -2.47. The van der Waals surface area contributed by atoms with E-state index >= 15 is 0 Å². The third kappa shape index (κ3) is 3.59. The van der Waals surface area contributed by atoms with E-state index in [1.807, 2.05) is 26.0 Å². The minimum atomic E-state index is -3.48. The topological polar surface area (TPSA) is 78.4 Å². The minimum absolute atomic E-state index is 0.317. The van der Waals surface area contributed by atoms with Crippen LogP contribution in [0.2, 0.25) is 0 Å². The Hall–Kier alpha value is -2.19. The lowest BCUT2D eigenvalue weighted by atomic mass is 10.2. The maximum absolute atomic E-state index is 12.3. The Kier molecular flexibility index (Phi) is 4.91. The Morgan fingerprint density at radius 3 is 2.36 bits per heavy atom. The second-order valence-electron chi connectivity index (χ2n) is 6.07. The van der Waals surface area contributed by atoms with Gasteiger partial charge in [0.25, 0.3) is 0 Å². The Labute approximate surface area is 148 Å². The van der Waals surface area contributed by atoms with E-state index < -0.39 is 10.0 Å². The van der Waals surface area contributed by atoms with Crippen molar-refractivity contribution in [3.63, 3.8) is 0 Å². The number of aromatic nitrogens is 2. The molecule has 0 amide bonds. The first-order chi connectivity index (χ1) is 11.9. The molecule has 134 valence electrons. The van der Waals surface area contributed by atoms with Gasteiger partial charge in [-0.1, -0.05) is 12.1 Å². The van der Waals surface area contributed by atoms with Crippen molar-refractivity contribution in [2.45, 2.75) is 18.7 Å². The molecule has 1 aromatic heterocycles. The summed E-state index contributed by atoms with van der Waals surface area (Å²) in [5, 5.41) is 0. The van der Waals surface area contributed by atoms with E-state index in [2.05, 4.69) is 24.5 Å². The molecular weight excluding hydrogens is 338 g/mol. The van der Waals surface area contributed by atoms with Gasteiger partial charge in [-0.15, -0.1) is 0 Å². The van der Waals surface area contributed by atoms with Crippen molar-refractivity contribution in [2.75, 3.05) is 43.0 Å². The summed E-state index contributed by atoms with van der Waals surface area (Å²) in [6.45, 7) is 6.89. The van der Waals surface area contributed by atoms with Crippen molar-refractivity contribution in [3.8, 4) is 0 Å². The number of hydrogen-bond acceptors (Lipinski definition) is 6. The highest BCUT2D eigenvalue weighted by Gasteiger charge is 2.24. The fourth-order valence-electron chi connectivity index (χ4n) is 3.04. The van der Waals surface area contributed by atoms with E-state index in [1.54, 1.807) is 18.3 Å². The van der Waals surface area contributed by atoms with Crippen molar-refractivity contribution < 1.29 is 8.42 Å². The first kappa shape index (κ1) is 17.6. The number of benzene rings is 1. The van der Waals surface area contributed by atoms with E-state index in [1.165, 1.54) is 7.05 Å². The molecule has 0 saturated carbocycles. The number of sulfonamides is 1. The van der Waals surface area contributed by atoms with Gasteiger partial charge in [0.1, 0.15) is 10.7 Å². The number of nitrogens with one attached hydrogen (secondary N) is 1. The summed E-state index contributed by atoms with van der Waals surface area (Å²) in [7, 11) is -2.05. The lowest BCUT2D eigenvalue weighted by Gasteiger charge is -2.37. The van der Waals surface area contributed by atoms with Crippen molar-refractivity contribution in [1.29, 1.82) is 0 Å². The molecule has 1 N–H and O–H groups in total. The van der Waals surface area contributed by atoms with Crippen LogP contribution in [-0.4, -0.2) is 51.6 Å². The molecule has 1 fully saturated rings. The lowest BCUT2D eigenvalue weighted by molar-refractivity contribution is 0.586. The van der Waals surface area contributed by atoms with Crippen LogP contribution in [0.15, 0.2) is 35.4 Å². The van der Waals surface area contributed by atoms with E-state index in [-0.39, 0.29) is 0 Å². The van der Waals surface area contributed by atoms with Gasteiger partial charge in [-0.25, -0.2) is 18.1 Å². The second kappa shape index (κ2) is 6.97. The number of hydrogen-bond donors (Lipinski definition) is 1. The zero-order valence-electron chi connectivity index (χ0n) is 14.7. The number of rotatable bonds is 4. The normalized spacial score (nSPS) is 15.5. The van der Waals surface area contributed by atoms with E-state index in [4.69, 9.17) is 0 Å². The van der Waals surface area contributed by atoms with Crippen LogP contribution < -0.4 is 14.5 Å². The number of para-hydroxylation sites is 1. The van der Waals surface area contributed by atoms with Crippen molar-refractivity contribution >= 4 is 21.5 Å². The van der Waals surface area contributed by atoms with Crippen LogP contribution in [-0.2, 0) is 10.0 Å². The van der Waals surface area contributed by atoms with Gasteiger partial charge in [0, 0.05) is 32.4 Å². The molecule has 25 heavy (non-hydrogen) atoms. The van der Waals surface area contributed by atoms with E-state index in [0.717, 1.165) is 49.1 Å². The molecule has 0 bridgehead atoms. The van der Waals surface area contributed by atoms with Crippen LogP contribution in [0.25, 0.3) is 0 Å². The molecule has 0 radical (unpaired) electrons. The summed E-state index contributed by atoms with van der Waals surface area (Å²) in [6, 6.07) is 7.11. The monoisotopic (exact) mass is 361 g/mol. The average Bonchev–Trinajstić information content (AvgIpc) is 2.64. The van der Waals surface area contributed by atoms with Crippen LogP contribution in [0.5, 0.6) is 0 Å². The Bertz CT molecular complexity index is 861. The average molecular weight is 361 g/mol. The molecule has 0 atom stereocenters. The predicted octanol–water partition coefficient (Wildman–Crippen LogP) is 1.33. The molecule has 1 aliphatic heterocycles. The van der Waals surface area contributed by atoms with E-state index in [9.17, 15) is 8.42 Å². The fourth-order valence-corrected chi connectivity index (χ4v) is 3.99. The minimum Gasteiger partial charge on any atom is -0.367 e. The largest absolute Gasteiger partial charge is 0.367 e. The summed E-state index contributed by atoms with van der Waals surface area (Å²) in [5.41, 5.74) is 2.55. The molecule has 0 aliphatic carbocycles. The third-order valence-electron chi connectivity index (χ3n) is 4.39. The van der Waals surface area contributed by atoms with Gasteiger partial charge >= 0.3 is 0 Å². The van der Waals surface area contributed by atoms with Crippen LogP contribution in [0.3, 0.4) is 0 Å². The summed E-state index contributed by atoms with van der Waals surface area (Å²) in [5.74, 6) is 0.913. The zero-order chi connectivity index (χ0) is 18.0. The zero-order valence-corrected chi connectivity index (χ0v) is 15.5. The van der Waals surface area contributed by atoms with Gasteiger partial charge in [0.05, 0.1) is 17.1 Å². The smallest absolute Gasteiger partial charge is 0.242 e. The molecule has 0 spiro atoms. The Balaban J connectivity index is 1.81. The molecule has 2 aromatic rings. The quantitative estimate of drug-likeness (QED) is 0.885. The Morgan fingerprint density at radius 1 is 1.04 bits per heavy atom. The number of anilines is 2. The highest BCUT2D eigenvalue weighted by atomic mass is 32.2. The maximum Gasteiger partial charge on any atom is 0.242 e. The van der Waals surface area contributed by atoms with Crippen LogP contribution in [0, 0.1) is 13.8 Å². The molecule has 1 aromatic carbocycles. The summed E-state index contributed by atoms with van der Waals surface area (Å²) in [4.78, 5) is 13.6. The van der Waals surface area contributed by atoms with Crippen molar-refractivity contribution in [2.24, 2.45) is 0 Å². The second-order valence-corrected chi connectivity index (χ2v) is 7.92. The molecule has 7 nitrogen and oxygen atoms in total. The van der Waals surface area contributed by atoms with Gasteiger partial charge in [-0.2, -0.15) is 0 Å².